The normalized spacial score (nSPS) is 21.4. The van der Waals surface area contributed by atoms with E-state index in [-0.39, 0.29) is 12.0 Å². The summed E-state index contributed by atoms with van der Waals surface area (Å²) in [4.78, 5) is 14.9. The minimum Gasteiger partial charge on any atom is -0.373 e. The Kier molecular flexibility index (Phi) is 6.27. The number of nitrogens with zero attached hydrogens (tertiary/aromatic N) is 1. The Morgan fingerprint density at radius 3 is 2.80 bits per heavy atom. The van der Waals surface area contributed by atoms with Gasteiger partial charge >= 0.3 is 0 Å². The van der Waals surface area contributed by atoms with Gasteiger partial charge in [0, 0.05) is 25.7 Å². The molecule has 3 rings (SSSR count). The van der Waals surface area contributed by atoms with Crippen molar-refractivity contribution in [3.8, 4) is 0 Å². The van der Waals surface area contributed by atoms with Crippen LogP contribution in [0.15, 0.2) is 35.9 Å². The van der Waals surface area contributed by atoms with Gasteiger partial charge in [-0.3, -0.25) is 9.69 Å². The van der Waals surface area contributed by atoms with Crippen LogP contribution in [0.5, 0.6) is 0 Å². The van der Waals surface area contributed by atoms with Gasteiger partial charge in [0.25, 0.3) is 0 Å². The summed E-state index contributed by atoms with van der Waals surface area (Å²) in [6.07, 6.45) is 5.61. The summed E-state index contributed by atoms with van der Waals surface area (Å²) in [6.45, 7) is 8.11. The average molecular weight is 342 g/mol. The Hall–Kier alpha value is -1.65. The molecular formula is C21H30N2O2. The Bertz CT molecular complexity index is 614. The summed E-state index contributed by atoms with van der Waals surface area (Å²) in [6, 6.07) is 8.62. The van der Waals surface area contributed by atoms with E-state index in [2.05, 4.69) is 48.3 Å². The number of likely N-dealkylation sites (tertiary alicyclic amines) is 1. The lowest BCUT2D eigenvalue weighted by Gasteiger charge is -2.32. The zero-order valence-electron chi connectivity index (χ0n) is 15.5. The van der Waals surface area contributed by atoms with Gasteiger partial charge in [-0.2, -0.15) is 0 Å². The molecule has 1 atom stereocenters. The molecule has 4 heteroatoms. The minimum atomic E-state index is -0.0947. The van der Waals surface area contributed by atoms with E-state index in [9.17, 15) is 4.79 Å². The first-order chi connectivity index (χ1) is 12.1. The number of hydrogen-bond acceptors (Lipinski definition) is 3. The van der Waals surface area contributed by atoms with Crippen molar-refractivity contribution in [2.75, 3.05) is 26.2 Å². The third-order valence-electron chi connectivity index (χ3n) is 5.17. The molecule has 0 spiro atoms. The molecule has 0 unspecified atom stereocenters. The van der Waals surface area contributed by atoms with Crippen molar-refractivity contribution in [1.29, 1.82) is 0 Å². The van der Waals surface area contributed by atoms with Gasteiger partial charge in [-0.05, 0) is 44.2 Å². The van der Waals surface area contributed by atoms with Crippen molar-refractivity contribution in [3.05, 3.63) is 47.0 Å². The fourth-order valence-corrected chi connectivity index (χ4v) is 3.67. The highest BCUT2D eigenvalue weighted by molar-refractivity contribution is 5.77. The van der Waals surface area contributed by atoms with Crippen molar-refractivity contribution < 1.29 is 9.53 Å². The van der Waals surface area contributed by atoms with Gasteiger partial charge in [0.05, 0.1) is 19.1 Å². The lowest BCUT2D eigenvalue weighted by molar-refractivity contribution is -0.125. The molecule has 0 radical (unpaired) electrons. The van der Waals surface area contributed by atoms with Gasteiger partial charge < -0.3 is 10.1 Å². The monoisotopic (exact) mass is 342 g/mol. The highest BCUT2D eigenvalue weighted by atomic mass is 16.5. The number of piperidine rings is 1. The second-order valence-corrected chi connectivity index (χ2v) is 7.44. The molecule has 0 aliphatic carbocycles. The van der Waals surface area contributed by atoms with E-state index in [0.29, 0.717) is 19.1 Å². The quantitative estimate of drug-likeness (QED) is 0.835. The van der Waals surface area contributed by atoms with Crippen LogP contribution in [0.3, 0.4) is 0 Å². The number of rotatable bonds is 5. The van der Waals surface area contributed by atoms with E-state index in [0.717, 1.165) is 38.9 Å². The summed E-state index contributed by atoms with van der Waals surface area (Å²) in [5.74, 6) is 0.115. The summed E-state index contributed by atoms with van der Waals surface area (Å²) in [5, 5.41) is 3.22. The van der Waals surface area contributed by atoms with Crippen molar-refractivity contribution in [1.82, 2.24) is 10.2 Å². The lowest BCUT2D eigenvalue weighted by Crippen LogP contribution is -2.45. The predicted molar refractivity (Wildman–Crippen MR) is 100 cm³/mol. The summed E-state index contributed by atoms with van der Waals surface area (Å²) < 4.78 is 5.86. The number of carbonyl (C=O) groups is 1. The molecule has 1 N–H and O–H groups in total. The number of ether oxygens (including phenoxy) is 1. The summed E-state index contributed by atoms with van der Waals surface area (Å²) >= 11 is 0. The Morgan fingerprint density at radius 2 is 2.04 bits per heavy atom. The summed E-state index contributed by atoms with van der Waals surface area (Å²) in [5.41, 5.74) is 3.86. The van der Waals surface area contributed by atoms with Crippen LogP contribution in [0.4, 0.5) is 0 Å². The predicted octanol–water partition coefficient (Wildman–Crippen LogP) is 3.24. The van der Waals surface area contributed by atoms with E-state index in [4.69, 9.17) is 4.74 Å². The Balaban J connectivity index is 1.46. The van der Waals surface area contributed by atoms with Crippen LogP contribution < -0.4 is 5.32 Å². The number of fused-ring (bicyclic) bond motifs is 1. The minimum absolute atomic E-state index is 0.0947. The van der Waals surface area contributed by atoms with Crippen LogP contribution in [-0.4, -0.2) is 43.1 Å². The van der Waals surface area contributed by atoms with Crippen LogP contribution in [0, 0.1) is 0 Å². The molecule has 0 bridgehead atoms. The molecule has 0 aromatic heterocycles. The van der Waals surface area contributed by atoms with Gasteiger partial charge in [-0.15, -0.1) is 0 Å². The van der Waals surface area contributed by atoms with Crippen LogP contribution in [-0.2, 0) is 16.0 Å². The molecule has 2 aliphatic rings. The average Bonchev–Trinajstić information content (AvgIpc) is 2.61. The first kappa shape index (κ1) is 18.2. The molecular weight excluding hydrogens is 312 g/mol. The van der Waals surface area contributed by atoms with Crippen LogP contribution >= 0.6 is 0 Å². The number of allylic oxidation sites excluding steroid dienone is 1. The number of benzene rings is 1. The van der Waals surface area contributed by atoms with Crippen LogP contribution in [0.25, 0.3) is 0 Å². The lowest BCUT2D eigenvalue weighted by atomic mass is 9.95. The highest BCUT2D eigenvalue weighted by Gasteiger charge is 2.25. The van der Waals surface area contributed by atoms with Gasteiger partial charge in [-0.25, -0.2) is 0 Å². The standard InChI is InChI=1S/C21H30N2O2/c1-16(2)7-11-23-12-8-18(9-13-23)22-21(24)15-20-19-6-4-3-5-17(19)10-14-25-20/h3-7,18,20H,8-15H2,1-2H3,(H,22,24)/t20-/m1/s1. The number of nitrogens with one attached hydrogen (secondary N) is 1. The summed E-state index contributed by atoms with van der Waals surface area (Å²) in [7, 11) is 0. The van der Waals surface area contributed by atoms with Gasteiger partial charge in [-0.1, -0.05) is 35.9 Å². The molecule has 4 nitrogen and oxygen atoms in total. The Labute approximate surface area is 151 Å². The molecule has 1 amide bonds. The third kappa shape index (κ3) is 5.16. The van der Waals surface area contributed by atoms with Crippen LogP contribution in [0.2, 0.25) is 0 Å². The number of hydrogen-bond donors (Lipinski definition) is 1. The van der Waals surface area contributed by atoms with E-state index in [1.165, 1.54) is 16.7 Å². The molecule has 25 heavy (non-hydrogen) atoms. The fourth-order valence-electron chi connectivity index (χ4n) is 3.67. The van der Waals surface area contributed by atoms with E-state index < -0.39 is 0 Å². The Morgan fingerprint density at radius 1 is 1.28 bits per heavy atom. The zero-order valence-corrected chi connectivity index (χ0v) is 15.5. The molecule has 1 aromatic rings. The topological polar surface area (TPSA) is 41.6 Å². The molecule has 0 saturated carbocycles. The number of carbonyl (C=O) groups excluding carboxylic acids is 1. The van der Waals surface area contributed by atoms with Crippen molar-refractivity contribution in [2.24, 2.45) is 0 Å². The van der Waals surface area contributed by atoms with E-state index in [1.807, 2.05) is 6.07 Å². The molecule has 1 saturated heterocycles. The van der Waals surface area contributed by atoms with Gasteiger partial charge in [0.2, 0.25) is 5.91 Å². The first-order valence-electron chi connectivity index (χ1n) is 9.46. The molecule has 1 aromatic carbocycles. The van der Waals surface area contributed by atoms with E-state index >= 15 is 0 Å². The zero-order chi connectivity index (χ0) is 17.6. The van der Waals surface area contributed by atoms with Crippen molar-refractivity contribution in [2.45, 2.75) is 51.7 Å². The third-order valence-corrected chi connectivity index (χ3v) is 5.17. The van der Waals surface area contributed by atoms with Crippen molar-refractivity contribution in [3.63, 3.8) is 0 Å². The van der Waals surface area contributed by atoms with E-state index in [1.54, 1.807) is 0 Å². The maximum atomic E-state index is 12.5. The van der Waals surface area contributed by atoms with Gasteiger partial charge in [0.1, 0.15) is 0 Å². The SMILES string of the molecule is CC(C)=CCN1CCC(NC(=O)C[C@H]2OCCc3ccccc32)CC1. The molecule has 136 valence electrons. The smallest absolute Gasteiger partial charge is 0.223 e. The van der Waals surface area contributed by atoms with Crippen molar-refractivity contribution >= 4 is 5.91 Å². The number of amides is 1. The second kappa shape index (κ2) is 8.63. The maximum Gasteiger partial charge on any atom is 0.223 e. The highest BCUT2D eigenvalue weighted by Crippen LogP contribution is 2.29. The fraction of sp³-hybridized carbons (Fsp3) is 0.571. The van der Waals surface area contributed by atoms with Crippen LogP contribution in [0.1, 0.15) is 50.3 Å². The molecule has 2 aliphatic heterocycles. The first-order valence-corrected chi connectivity index (χ1v) is 9.46. The molecule has 1 fully saturated rings. The molecule has 2 heterocycles. The largest absolute Gasteiger partial charge is 0.373 e. The second-order valence-electron chi connectivity index (χ2n) is 7.44. The maximum absolute atomic E-state index is 12.5. The van der Waals surface area contributed by atoms with Gasteiger partial charge in [0.15, 0.2) is 0 Å².